The molecule has 0 saturated heterocycles. The molecular weight excluding hydrogens is 300 g/mol. The maximum atomic E-state index is 11.3. The molecule has 0 N–H and O–H groups in total. The van der Waals surface area contributed by atoms with Gasteiger partial charge in [0.15, 0.2) is 8.32 Å². The van der Waals surface area contributed by atoms with E-state index in [0.717, 1.165) is 32.0 Å². The van der Waals surface area contributed by atoms with E-state index in [1.165, 1.54) is 5.56 Å². The Morgan fingerprint density at radius 3 is 2.22 bits per heavy atom. The van der Waals surface area contributed by atoms with E-state index in [-0.39, 0.29) is 10.6 Å². The van der Waals surface area contributed by atoms with E-state index in [9.17, 15) is 4.79 Å². The average Bonchev–Trinajstić information content (AvgIpc) is 2.47. The lowest BCUT2D eigenvalue weighted by Gasteiger charge is -2.48. The van der Waals surface area contributed by atoms with Gasteiger partial charge in [0.05, 0.1) is 5.60 Å². The first-order valence-electron chi connectivity index (χ1n) is 8.88. The van der Waals surface area contributed by atoms with Crippen LogP contribution in [0.15, 0.2) is 30.3 Å². The molecule has 0 bridgehead atoms. The third kappa shape index (κ3) is 4.33. The third-order valence-corrected chi connectivity index (χ3v) is 10.5. The number of hydrogen-bond acceptors (Lipinski definition) is 2. The molecule has 0 spiro atoms. The Morgan fingerprint density at radius 1 is 1.17 bits per heavy atom. The van der Waals surface area contributed by atoms with Crippen LogP contribution in [0.4, 0.5) is 0 Å². The quantitative estimate of drug-likeness (QED) is 0.511. The maximum absolute atomic E-state index is 11.3. The molecule has 23 heavy (non-hydrogen) atoms. The van der Waals surface area contributed by atoms with Crippen molar-refractivity contribution in [1.82, 2.24) is 0 Å². The molecule has 3 heteroatoms. The average molecular weight is 333 g/mol. The Labute approximate surface area is 142 Å². The lowest BCUT2D eigenvalue weighted by atomic mass is 9.75. The summed E-state index contributed by atoms with van der Waals surface area (Å²) in [6.45, 7) is 11.4. The van der Waals surface area contributed by atoms with Crippen LogP contribution in [-0.2, 0) is 9.22 Å². The number of carbonyl (C=O) groups excluding carboxylic acids is 1. The smallest absolute Gasteiger partial charge is 0.192 e. The zero-order valence-corrected chi connectivity index (χ0v) is 16.4. The van der Waals surface area contributed by atoms with Crippen LogP contribution in [0.1, 0.15) is 64.4 Å². The summed E-state index contributed by atoms with van der Waals surface area (Å²) in [7, 11) is -1.86. The van der Waals surface area contributed by atoms with E-state index >= 15 is 0 Å². The highest BCUT2D eigenvalue weighted by Crippen LogP contribution is 2.46. The molecule has 0 unspecified atom stereocenters. The zero-order valence-electron chi connectivity index (χ0n) is 15.4. The van der Waals surface area contributed by atoms with Crippen LogP contribution in [-0.4, -0.2) is 20.2 Å². The van der Waals surface area contributed by atoms with E-state index in [1.54, 1.807) is 0 Å². The van der Waals surface area contributed by atoms with Gasteiger partial charge in [0.2, 0.25) is 0 Å². The van der Waals surface area contributed by atoms with Crippen molar-refractivity contribution in [1.29, 1.82) is 0 Å². The van der Waals surface area contributed by atoms with Gasteiger partial charge in [-0.15, -0.1) is 0 Å². The standard InChI is InChI=1S/C20H32O2Si/c1-19(2,3)23(4,5)22-20(15-16-21)13-11-18(12-14-20)17-9-7-6-8-10-17/h6-10,16,18H,11-15H2,1-5H3. The van der Waals surface area contributed by atoms with Gasteiger partial charge in [-0.2, -0.15) is 0 Å². The number of rotatable bonds is 5. The summed E-state index contributed by atoms with van der Waals surface area (Å²) in [4.78, 5) is 11.3. The molecule has 0 atom stereocenters. The van der Waals surface area contributed by atoms with Crippen molar-refractivity contribution in [2.45, 2.75) is 82.5 Å². The van der Waals surface area contributed by atoms with Gasteiger partial charge < -0.3 is 9.22 Å². The predicted molar refractivity (Wildman–Crippen MR) is 99.3 cm³/mol. The summed E-state index contributed by atoms with van der Waals surface area (Å²) in [5.41, 5.74) is 1.20. The summed E-state index contributed by atoms with van der Waals surface area (Å²) in [6.07, 6.45) is 5.84. The van der Waals surface area contributed by atoms with E-state index in [1.807, 2.05) is 0 Å². The molecule has 2 nitrogen and oxygen atoms in total. The van der Waals surface area contributed by atoms with Gasteiger partial charge in [0.1, 0.15) is 6.29 Å². The molecule has 0 aromatic heterocycles. The Kier molecular flexibility index (Phi) is 5.52. The maximum Gasteiger partial charge on any atom is 0.192 e. The van der Waals surface area contributed by atoms with Crippen LogP contribution >= 0.6 is 0 Å². The Balaban J connectivity index is 2.11. The predicted octanol–water partition coefficient (Wildman–Crippen LogP) is 5.69. The first-order valence-corrected chi connectivity index (χ1v) is 11.8. The minimum absolute atomic E-state index is 0.180. The van der Waals surface area contributed by atoms with E-state index in [0.29, 0.717) is 12.3 Å². The minimum atomic E-state index is -1.86. The molecule has 1 aliphatic carbocycles. The molecule has 0 radical (unpaired) electrons. The van der Waals surface area contributed by atoms with Crippen molar-refractivity contribution < 1.29 is 9.22 Å². The highest BCUT2D eigenvalue weighted by atomic mass is 28.4. The zero-order chi connectivity index (χ0) is 17.1. The Bertz CT molecular complexity index is 508. The number of carbonyl (C=O) groups is 1. The topological polar surface area (TPSA) is 26.3 Å². The molecule has 0 amide bonds. The second-order valence-corrected chi connectivity index (χ2v) is 13.3. The fraction of sp³-hybridized carbons (Fsp3) is 0.650. The van der Waals surface area contributed by atoms with E-state index in [2.05, 4.69) is 64.2 Å². The fourth-order valence-corrected chi connectivity index (χ4v) is 5.07. The summed E-state index contributed by atoms with van der Waals surface area (Å²) in [6, 6.07) is 10.8. The molecule has 0 aliphatic heterocycles. The molecule has 128 valence electrons. The normalized spacial score (nSPS) is 26.0. The number of benzene rings is 1. The van der Waals surface area contributed by atoms with Crippen molar-refractivity contribution in [3.8, 4) is 0 Å². The van der Waals surface area contributed by atoms with Crippen molar-refractivity contribution in [2.24, 2.45) is 0 Å². The van der Waals surface area contributed by atoms with Gasteiger partial charge in [-0.1, -0.05) is 51.1 Å². The van der Waals surface area contributed by atoms with Gasteiger partial charge in [-0.05, 0) is 55.3 Å². The van der Waals surface area contributed by atoms with E-state index in [4.69, 9.17) is 4.43 Å². The Morgan fingerprint density at radius 2 is 1.74 bits per heavy atom. The largest absolute Gasteiger partial charge is 0.411 e. The molecule has 2 rings (SSSR count). The van der Waals surface area contributed by atoms with Crippen LogP contribution in [0.5, 0.6) is 0 Å². The SMILES string of the molecule is CC(C)(C)[Si](C)(C)OC1(CC=O)CCC(c2ccccc2)CC1. The van der Waals surface area contributed by atoms with Gasteiger partial charge in [0, 0.05) is 6.42 Å². The van der Waals surface area contributed by atoms with Gasteiger partial charge >= 0.3 is 0 Å². The molecule has 1 saturated carbocycles. The van der Waals surface area contributed by atoms with Crippen LogP contribution < -0.4 is 0 Å². The highest BCUT2D eigenvalue weighted by molar-refractivity contribution is 6.74. The van der Waals surface area contributed by atoms with Crippen molar-refractivity contribution >= 4 is 14.6 Å². The van der Waals surface area contributed by atoms with Crippen molar-refractivity contribution in [3.63, 3.8) is 0 Å². The fourth-order valence-electron chi connectivity index (χ4n) is 3.40. The lowest BCUT2D eigenvalue weighted by Crippen LogP contribution is -2.51. The van der Waals surface area contributed by atoms with Crippen molar-refractivity contribution in [3.05, 3.63) is 35.9 Å². The number of aldehydes is 1. The molecular formula is C20H32O2Si. The number of hydrogen-bond donors (Lipinski definition) is 0. The monoisotopic (exact) mass is 332 g/mol. The lowest BCUT2D eigenvalue weighted by molar-refractivity contribution is -0.113. The van der Waals surface area contributed by atoms with Crippen LogP contribution in [0.25, 0.3) is 0 Å². The van der Waals surface area contributed by atoms with Gasteiger partial charge in [0.25, 0.3) is 0 Å². The van der Waals surface area contributed by atoms with Crippen LogP contribution in [0.2, 0.25) is 18.1 Å². The molecule has 1 aromatic carbocycles. The summed E-state index contributed by atoms with van der Waals surface area (Å²) in [5.74, 6) is 0.610. The molecule has 0 heterocycles. The first-order chi connectivity index (χ1) is 10.7. The first kappa shape index (κ1) is 18.4. The van der Waals surface area contributed by atoms with Crippen molar-refractivity contribution in [2.75, 3.05) is 0 Å². The second kappa shape index (κ2) is 6.90. The summed E-state index contributed by atoms with van der Waals surface area (Å²) in [5, 5.41) is 0.180. The summed E-state index contributed by atoms with van der Waals surface area (Å²) < 4.78 is 6.76. The van der Waals surface area contributed by atoms with Gasteiger partial charge in [-0.25, -0.2) is 0 Å². The third-order valence-electron chi connectivity index (χ3n) is 5.90. The van der Waals surface area contributed by atoms with Gasteiger partial charge in [-0.3, -0.25) is 0 Å². The molecule has 1 aromatic rings. The van der Waals surface area contributed by atoms with Crippen LogP contribution in [0.3, 0.4) is 0 Å². The van der Waals surface area contributed by atoms with E-state index < -0.39 is 8.32 Å². The minimum Gasteiger partial charge on any atom is -0.411 e. The van der Waals surface area contributed by atoms with Crippen LogP contribution in [0, 0.1) is 0 Å². The molecule has 1 fully saturated rings. The second-order valence-electron chi connectivity index (χ2n) is 8.60. The molecule has 1 aliphatic rings. The Hall–Kier alpha value is -0.933. The summed E-state index contributed by atoms with van der Waals surface area (Å²) >= 11 is 0. The highest BCUT2D eigenvalue weighted by Gasteiger charge is 2.46.